The predicted molar refractivity (Wildman–Crippen MR) is 143 cm³/mol. The highest BCUT2D eigenvalue weighted by Gasteiger charge is 2.30. The van der Waals surface area contributed by atoms with Gasteiger partial charge in [0, 0.05) is 55.9 Å². The quantitative estimate of drug-likeness (QED) is 0.327. The number of aromatic amines is 1. The van der Waals surface area contributed by atoms with Crippen LogP contribution in [0.4, 0.5) is 30.5 Å². The minimum Gasteiger partial charge on any atom is -0.367 e. The van der Waals surface area contributed by atoms with Gasteiger partial charge in [0.15, 0.2) is 0 Å². The van der Waals surface area contributed by atoms with E-state index in [1.165, 1.54) is 6.07 Å². The molecule has 0 amide bonds. The van der Waals surface area contributed by atoms with E-state index in [-0.39, 0.29) is 0 Å². The number of nitrogens with one attached hydrogen (secondary N) is 2. The molecule has 4 heterocycles. The average molecular weight is 532 g/mol. The first kappa shape index (κ1) is 24.7. The number of benzene rings is 2. The predicted octanol–water partition coefficient (Wildman–Crippen LogP) is 4.99. The molecular weight excluding hydrogens is 507 g/mol. The second-order valence-electron chi connectivity index (χ2n) is 9.37. The van der Waals surface area contributed by atoms with E-state index in [9.17, 15) is 13.2 Å². The molecule has 2 aromatic carbocycles. The fourth-order valence-electron chi connectivity index (χ4n) is 4.53. The van der Waals surface area contributed by atoms with Crippen LogP contribution in [0.25, 0.3) is 33.7 Å². The van der Waals surface area contributed by atoms with E-state index in [1.54, 1.807) is 24.7 Å². The SMILES string of the molecule is CN1CCN(c2ccc(-c3nc4ccc(C(F)(F)F)cc4[nH]3)cc2Nc2ncc(-c3cccnn3)cn2)CC1. The lowest BCUT2D eigenvalue weighted by atomic mass is 10.1. The van der Waals surface area contributed by atoms with E-state index in [1.807, 2.05) is 24.3 Å². The summed E-state index contributed by atoms with van der Waals surface area (Å²) in [6, 6.07) is 12.9. The topological polar surface area (TPSA) is 98.8 Å². The molecular formula is C27H24F3N9. The smallest absolute Gasteiger partial charge is 0.367 e. The first-order valence-electron chi connectivity index (χ1n) is 12.4. The zero-order chi connectivity index (χ0) is 27.0. The number of rotatable bonds is 5. The molecule has 0 bridgehead atoms. The number of halogens is 3. The molecule has 0 unspecified atom stereocenters. The minimum absolute atomic E-state index is 0.320. The summed E-state index contributed by atoms with van der Waals surface area (Å²) in [6.45, 7) is 3.55. The molecule has 1 aliphatic heterocycles. The van der Waals surface area contributed by atoms with E-state index in [4.69, 9.17) is 0 Å². The Kier molecular flexibility index (Phi) is 6.31. The van der Waals surface area contributed by atoms with Gasteiger partial charge in [-0.25, -0.2) is 15.0 Å². The Morgan fingerprint density at radius 2 is 1.72 bits per heavy atom. The van der Waals surface area contributed by atoms with Crippen molar-refractivity contribution >= 4 is 28.4 Å². The summed E-state index contributed by atoms with van der Waals surface area (Å²) in [4.78, 5) is 21.1. The van der Waals surface area contributed by atoms with Crippen LogP contribution in [-0.4, -0.2) is 68.3 Å². The third-order valence-electron chi connectivity index (χ3n) is 6.69. The van der Waals surface area contributed by atoms with E-state index in [2.05, 4.69) is 52.3 Å². The lowest BCUT2D eigenvalue weighted by Gasteiger charge is -2.35. The van der Waals surface area contributed by atoms with Crippen molar-refractivity contribution in [3.05, 3.63) is 72.7 Å². The van der Waals surface area contributed by atoms with Crippen molar-refractivity contribution in [1.29, 1.82) is 0 Å². The molecule has 39 heavy (non-hydrogen) atoms. The van der Waals surface area contributed by atoms with Gasteiger partial charge in [-0.3, -0.25) is 0 Å². The van der Waals surface area contributed by atoms with Crippen LogP contribution in [0.15, 0.2) is 67.1 Å². The number of alkyl halides is 3. The number of aromatic nitrogens is 6. The number of hydrogen-bond donors (Lipinski definition) is 2. The highest BCUT2D eigenvalue weighted by Crippen LogP contribution is 2.35. The van der Waals surface area contributed by atoms with Crippen LogP contribution >= 0.6 is 0 Å². The molecule has 5 aromatic rings. The molecule has 198 valence electrons. The number of fused-ring (bicyclic) bond motifs is 1. The van der Waals surface area contributed by atoms with Crippen LogP contribution in [-0.2, 0) is 6.18 Å². The zero-order valence-electron chi connectivity index (χ0n) is 20.9. The number of hydrogen-bond acceptors (Lipinski definition) is 8. The van der Waals surface area contributed by atoms with Crippen molar-refractivity contribution in [2.45, 2.75) is 6.18 Å². The first-order chi connectivity index (χ1) is 18.8. The molecule has 0 spiro atoms. The van der Waals surface area contributed by atoms with Gasteiger partial charge in [0.2, 0.25) is 5.95 Å². The highest BCUT2D eigenvalue weighted by atomic mass is 19.4. The molecule has 6 rings (SSSR count). The van der Waals surface area contributed by atoms with Gasteiger partial charge in [-0.05, 0) is 55.6 Å². The van der Waals surface area contributed by atoms with E-state index < -0.39 is 11.7 Å². The molecule has 12 heteroatoms. The third-order valence-corrected chi connectivity index (χ3v) is 6.69. The first-order valence-corrected chi connectivity index (χ1v) is 12.4. The Balaban J connectivity index is 1.35. The number of likely N-dealkylation sites (N-methyl/N-ethyl adjacent to an activating group) is 1. The molecule has 1 saturated heterocycles. The molecule has 9 nitrogen and oxygen atoms in total. The van der Waals surface area contributed by atoms with Crippen molar-refractivity contribution in [3.8, 4) is 22.6 Å². The van der Waals surface area contributed by atoms with Gasteiger partial charge in [0.25, 0.3) is 0 Å². The van der Waals surface area contributed by atoms with E-state index >= 15 is 0 Å². The van der Waals surface area contributed by atoms with Gasteiger partial charge in [-0.2, -0.15) is 23.4 Å². The number of anilines is 3. The largest absolute Gasteiger partial charge is 0.416 e. The Labute approximate surface area is 221 Å². The molecule has 0 saturated carbocycles. The fourth-order valence-corrected chi connectivity index (χ4v) is 4.53. The summed E-state index contributed by atoms with van der Waals surface area (Å²) in [7, 11) is 2.10. The van der Waals surface area contributed by atoms with E-state index in [0.717, 1.165) is 60.8 Å². The molecule has 0 aliphatic carbocycles. The molecule has 0 atom stereocenters. The van der Waals surface area contributed by atoms with Crippen molar-refractivity contribution in [3.63, 3.8) is 0 Å². The number of piperazine rings is 1. The normalized spacial score (nSPS) is 14.6. The summed E-state index contributed by atoms with van der Waals surface area (Å²) < 4.78 is 39.6. The van der Waals surface area contributed by atoms with Gasteiger partial charge in [0.1, 0.15) is 5.82 Å². The van der Waals surface area contributed by atoms with Crippen LogP contribution < -0.4 is 10.2 Å². The molecule has 3 aromatic heterocycles. The lowest BCUT2D eigenvalue weighted by Crippen LogP contribution is -2.44. The van der Waals surface area contributed by atoms with Gasteiger partial charge in [-0.15, -0.1) is 0 Å². The van der Waals surface area contributed by atoms with Gasteiger partial charge in [0.05, 0.1) is 33.7 Å². The maximum atomic E-state index is 13.2. The zero-order valence-corrected chi connectivity index (χ0v) is 20.9. The van der Waals surface area contributed by atoms with Crippen LogP contribution in [0.1, 0.15) is 5.56 Å². The average Bonchev–Trinajstić information content (AvgIpc) is 3.38. The van der Waals surface area contributed by atoms with Gasteiger partial charge < -0.3 is 20.1 Å². The Bertz CT molecular complexity index is 1590. The molecule has 1 fully saturated rings. The fraction of sp³-hybridized carbons (Fsp3) is 0.222. The van der Waals surface area contributed by atoms with Crippen molar-refractivity contribution in [1.82, 2.24) is 35.0 Å². The maximum Gasteiger partial charge on any atom is 0.416 e. The Hall–Kier alpha value is -4.58. The molecule has 0 radical (unpaired) electrons. The van der Waals surface area contributed by atoms with Crippen LogP contribution in [0, 0.1) is 0 Å². The van der Waals surface area contributed by atoms with Crippen LogP contribution in [0.3, 0.4) is 0 Å². The summed E-state index contributed by atoms with van der Waals surface area (Å²) in [5, 5.41) is 11.3. The lowest BCUT2D eigenvalue weighted by molar-refractivity contribution is -0.137. The van der Waals surface area contributed by atoms with Crippen molar-refractivity contribution < 1.29 is 13.2 Å². The van der Waals surface area contributed by atoms with Crippen molar-refractivity contribution in [2.75, 3.05) is 43.4 Å². The Morgan fingerprint density at radius 3 is 2.44 bits per heavy atom. The summed E-state index contributed by atoms with van der Waals surface area (Å²) in [5.74, 6) is 0.866. The Morgan fingerprint density at radius 1 is 0.923 bits per heavy atom. The minimum atomic E-state index is -4.43. The van der Waals surface area contributed by atoms with Crippen molar-refractivity contribution in [2.24, 2.45) is 0 Å². The number of imidazole rings is 1. The monoisotopic (exact) mass is 531 g/mol. The number of nitrogens with zero attached hydrogens (tertiary/aromatic N) is 7. The summed E-state index contributed by atoms with van der Waals surface area (Å²) in [5.41, 5.74) is 3.92. The maximum absolute atomic E-state index is 13.2. The highest BCUT2D eigenvalue weighted by molar-refractivity contribution is 5.83. The summed E-state index contributed by atoms with van der Waals surface area (Å²) in [6.07, 6.45) is 0.528. The van der Waals surface area contributed by atoms with Crippen LogP contribution in [0.2, 0.25) is 0 Å². The van der Waals surface area contributed by atoms with Gasteiger partial charge in [-0.1, -0.05) is 0 Å². The van der Waals surface area contributed by atoms with E-state index in [0.29, 0.717) is 28.5 Å². The standard InChI is InChI=1S/C27H24F3N9/c1-38-9-11-39(12-10-38)24-7-4-17(25-34-21-6-5-19(27(28,29)30)14-22(21)35-25)13-23(24)36-26-31-15-18(16-32-26)20-3-2-8-33-37-20/h2-8,13-16H,9-12H2,1H3,(H,34,35)(H,31,32,36). The van der Waals surface area contributed by atoms with Gasteiger partial charge >= 0.3 is 6.18 Å². The summed E-state index contributed by atoms with van der Waals surface area (Å²) >= 11 is 0. The third kappa shape index (κ3) is 5.23. The second kappa shape index (κ2) is 9.95. The molecule has 2 N–H and O–H groups in total. The molecule has 1 aliphatic rings. The second-order valence-corrected chi connectivity index (χ2v) is 9.37. The number of H-pyrrole nitrogens is 1. The van der Waals surface area contributed by atoms with Crippen LogP contribution in [0.5, 0.6) is 0 Å².